The number of amides is 1. The standard InChI is InChI=1S/C14H14ClN7OS/c15-10-1-2-12(18-11(10)7-16)22-5-3-21(4-6-22)8-13(23)19-14-20-17-9-24-14/h1-2,9H,3-6,8H2,(H,19,20,23). The van der Waals surface area contributed by atoms with E-state index >= 15 is 0 Å². The van der Waals surface area contributed by atoms with E-state index in [1.807, 2.05) is 6.07 Å². The molecule has 124 valence electrons. The molecule has 1 N–H and O–H groups in total. The second-order valence-corrected chi connectivity index (χ2v) is 6.41. The molecule has 0 atom stereocenters. The van der Waals surface area contributed by atoms with Gasteiger partial charge in [0, 0.05) is 26.2 Å². The number of nitrogens with zero attached hydrogens (tertiary/aromatic N) is 6. The number of aromatic nitrogens is 3. The van der Waals surface area contributed by atoms with Gasteiger partial charge in [0.25, 0.3) is 0 Å². The lowest BCUT2D eigenvalue weighted by Crippen LogP contribution is -2.49. The summed E-state index contributed by atoms with van der Waals surface area (Å²) in [4.78, 5) is 20.4. The van der Waals surface area contributed by atoms with Gasteiger partial charge in [-0.15, -0.1) is 10.2 Å². The van der Waals surface area contributed by atoms with E-state index < -0.39 is 0 Å². The van der Waals surface area contributed by atoms with Crippen molar-refractivity contribution in [2.45, 2.75) is 0 Å². The maximum absolute atomic E-state index is 12.0. The zero-order valence-corrected chi connectivity index (χ0v) is 14.2. The van der Waals surface area contributed by atoms with Gasteiger partial charge < -0.3 is 4.90 Å². The molecule has 0 aliphatic carbocycles. The van der Waals surface area contributed by atoms with E-state index in [1.165, 1.54) is 11.3 Å². The Morgan fingerprint density at radius 1 is 1.38 bits per heavy atom. The molecule has 1 saturated heterocycles. The summed E-state index contributed by atoms with van der Waals surface area (Å²) < 4.78 is 0. The second kappa shape index (κ2) is 7.53. The molecule has 2 aromatic heterocycles. The van der Waals surface area contributed by atoms with Crippen LogP contribution in [-0.2, 0) is 4.79 Å². The highest BCUT2D eigenvalue weighted by Crippen LogP contribution is 2.20. The summed E-state index contributed by atoms with van der Waals surface area (Å²) in [6, 6.07) is 5.48. The molecule has 0 unspecified atom stereocenters. The average Bonchev–Trinajstić information content (AvgIpc) is 3.09. The Bertz CT molecular complexity index is 753. The fourth-order valence-corrected chi connectivity index (χ4v) is 3.02. The maximum atomic E-state index is 12.0. The number of piperazine rings is 1. The molecule has 0 bridgehead atoms. The van der Waals surface area contributed by atoms with Gasteiger partial charge >= 0.3 is 0 Å². The van der Waals surface area contributed by atoms with E-state index in [4.69, 9.17) is 16.9 Å². The minimum absolute atomic E-state index is 0.100. The van der Waals surface area contributed by atoms with Gasteiger partial charge in [-0.25, -0.2) is 4.98 Å². The topological polar surface area (TPSA) is 98.0 Å². The first-order valence-electron chi connectivity index (χ1n) is 7.25. The molecule has 8 nitrogen and oxygen atoms in total. The van der Waals surface area contributed by atoms with Crippen molar-refractivity contribution in [1.29, 1.82) is 5.26 Å². The van der Waals surface area contributed by atoms with Crippen molar-refractivity contribution in [2.24, 2.45) is 0 Å². The lowest BCUT2D eigenvalue weighted by atomic mass is 10.3. The number of carbonyl (C=O) groups excluding carboxylic acids is 1. The fourth-order valence-electron chi connectivity index (χ4n) is 2.41. The van der Waals surface area contributed by atoms with E-state index in [0.29, 0.717) is 16.7 Å². The molecule has 0 radical (unpaired) electrons. The normalized spacial score (nSPS) is 15.1. The maximum Gasteiger partial charge on any atom is 0.240 e. The molecule has 2 aromatic rings. The predicted molar refractivity (Wildman–Crippen MR) is 91.2 cm³/mol. The van der Waals surface area contributed by atoms with Gasteiger partial charge in [0.1, 0.15) is 17.4 Å². The highest BCUT2D eigenvalue weighted by molar-refractivity contribution is 7.13. The van der Waals surface area contributed by atoms with Crippen LogP contribution in [0.1, 0.15) is 5.69 Å². The summed E-state index contributed by atoms with van der Waals surface area (Å²) in [6.45, 7) is 3.23. The predicted octanol–water partition coefficient (Wildman–Crippen LogP) is 1.22. The minimum atomic E-state index is -0.100. The average molecular weight is 364 g/mol. The molecule has 3 heterocycles. The van der Waals surface area contributed by atoms with Crippen molar-refractivity contribution >= 4 is 39.8 Å². The van der Waals surface area contributed by atoms with Crippen LogP contribution in [0.4, 0.5) is 10.9 Å². The molecule has 1 amide bonds. The first-order chi connectivity index (χ1) is 11.7. The number of nitrogens with one attached hydrogen (secondary N) is 1. The molecule has 0 spiro atoms. The molecule has 1 aliphatic heterocycles. The molecule has 1 aliphatic rings. The van der Waals surface area contributed by atoms with Crippen molar-refractivity contribution in [1.82, 2.24) is 20.1 Å². The highest BCUT2D eigenvalue weighted by Gasteiger charge is 2.20. The first kappa shape index (κ1) is 16.6. The van der Waals surface area contributed by atoms with Gasteiger partial charge in [-0.05, 0) is 12.1 Å². The van der Waals surface area contributed by atoms with Crippen LogP contribution in [0.2, 0.25) is 5.02 Å². The van der Waals surface area contributed by atoms with E-state index in [1.54, 1.807) is 17.6 Å². The molecule has 0 aromatic carbocycles. The summed E-state index contributed by atoms with van der Waals surface area (Å²) in [5.41, 5.74) is 1.80. The third kappa shape index (κ3) is 3.97. The Morgan fingerprint density at radius 2 is 2.17 bits per heavy atom. The first-order valence-corrected chi connectivity index (χ1v) is 8.51. The smallest absolute Gasteiger partial charge is 0.240 e. The SMILES string of the molecule is N#Cc1nc(N2CCN(CC(=O)Nc3nncs3)CC2)ccc1Cl. The number of pyridine rings is 1. The molecule has 0 saturated carbocycles. The number of rotatable bonds is 4. The third-order valence-electron chi connectivity index (χ3n) is 3.61. The summed E-state index contributed by atoms with van der Waals surface area (Å²) in [5, 5.41) is 20.1. The number of hydrogen-bond acceptors (Lipinski definition) is 8. The van der Waals surface area contributed by atoms with Crippen LogP contribution in [0.3, 0.4) is 0 Å². The van der Waals surface area contributed by atoms with E-state index in [9.17, 15) is 4.79 Å². The molecular weight excluding hydrogens is 350 g/mol. The Hall–Kier alpha value is -2.28. The van der Waals surface area contributed by atoms with Crippen molar-refractivity contribution < 1.29 is 4.79 Å². The van der Waals surface area contributed by atoms with Crippen LogP contribution in [0.5, 0.6) is 0 Å². The third-order valence-corrected chi connectivity index (χ3v) is 4.52. The Labute approximate surface area is 147 Å². The van der Waals surface area contributed by atoms with Gasteiger partial charge in [-0.3, -0.25) is 15.0 Å². The monoisotopic (exact) mass is 363 g/mol. The number of carbonyl (C=O) groups is 1. The van der Waals surface area contributed by atoms with Crippen LogP contribution >= 0.6 is 22.9 Å². The summed E-state index contributed by atoms with van der Waals surface area (Å²) in [5.74, 6) is 0.630. The zero-order valence-electron chi connectivity index (χ0n) is 12.6. The number of nitriles is 1. The second-order valence-electron chi connectivity index (χ2n) is 5.17. The molecule has 10 heteroatoms. The van der Waals surface area contributed by atoms with Gasteiger partial charge in [-0.1, -0.05) is 22.9 Å². The lowest BCUT2D eigenvalue weighted by Gasteiger charge is -2.35. The molecule has 24 heavy (non-hydrogen) atoms. The molecular formula is C14H14ClN7OS. The van der Waals surface area contributed by atoms with Crippen molar-refractivity contribution in [3.8, 4) is 6.07 Å². The van der Waals surface area contributed by atoms with Crippen LogP contribution < -0.4 is 10.2 Å². The van der Waals surface area contributed by atoms with E-state index in [2.05, 4.69) is 30.3 Å². The summed E-state index contributed by atoms with van der Waals surface area (Å²) >= 11 is 7.20. The number of halogens is 1. The van der Waals surface area contributed by atoms with Crippen LogP contribution in [-0.4, -0.2) is 58.7 Å². The van der Waals surface area contributed by atoms with Crippen LogP contribution in [0, 0.1) is 11.3 Å². The Kier molecular flexibility index (Phi) is 5.20. The summed E-state index contributed by atoms with van der Waals surface area (Å²) in [6.07, 6.45) is 0. The van der Waals surface area contributed by atoms with Gasteiger partial charge in [0.2, 0.25) is 11.0 Å². The molecule has 1 fully saturated rings. The molecule has 3 rings (SSSR count). The van der Waals surface area contributed by atoms with E-state index in [-0.39, 0.29) is 11.6 Å². The highest BCUT2D eigenvalue weighted by atomic mass is 35.5. The minimum Gasteiger partial charge on any atom is -0.354 e. The van der Waals surface area contributed by atoms with Crippen molar-refractivity contribution in [2.75, 3.05) is 42.9 Å². The Balaban J connectivity index is 1.52. The number of hydrogen-bond donors (Lipinski definition) is 1. The van der Waals surface area contributed by atoms with Gasteiger partial charge in [0.15, 0.2) is 5.69 Å². The zero-order chi connectivity index (χ0) is 16.9. The number of anilines is 2. The van der Waals surface area contributed by atoms with Gasteiger partial charge in [0.05, 0.1) is 11.6 Å². The van der Waals surface area contributed by atoms with Crippen molar-refractivity contribution in [3.05, 3.63) is 28.4 Å². The quantitative estimate of drug-likeness (QED) is 0.871. The fraction of sp³-hybridized carbons (Fsp3) is 0.357. The van der Waals surface area contributed by atoms with Crippen molar-refractivity contribution in [3.63, 3.8) is 0 Å². The van der Waals surface area contributed by atoms with E-state index in [0.717, 1.165) is 32.0 Å². The van der Waals surface area contributed by atoms with Gasteiger partial charge in [-0.2, -0.15) is 5.26 Å². The van der Waals surface area contributed by atoms with Crippen LogP contribution in [0.15, 0.2) is 17.6 Å². The summed E-state index contributed by atoms with van der Waals surface area (Å²) in [7, 11) is 0. The van der Waals surface area contributed by atoms with Crippen LogP contribution in [0.25, 0.3) is 0 Å². The largest absolute Gasteiger partial charge is 0.354 e. The lowest BCUT2D eigenvalue weighted by molar-refractivity contribution is -0.117. The Morgan fingerprint density at radius 3 is 2.83 bits per heavy atom.